The van der Waals surface area contributed by atoms with Gasteiger partial charge in [0.05, 0.1) is 17.1 Å². The maximum Gasteiger partial charge on any atom is 0.0991 e. The fraction of sp³-hybridized carbons (Fsp3) is 0.238. The van der Waals surface area contributed by atoms with Crippen LogP contribution in [0.25, 0.3) is 10.9 Å². The van der Waals surface area contributed by atoms with E-state index >= 15 is 0 Å². The molecule has 0 saturated heterocycles. The molecule has 0 bridgehead atoms. The molecule has 2 N–H and O–H groups in total. The van der Waals surface area contributed by atoms with Gasteiger partial charge in [-0.2, -0.15) is 5.26 Å². The highest BCUT2D eigenvalue weighted by atomic mass is 15.0. The molecule has 0 saturated carbocycles. The van der Waals surface area contributed by atoms with Crippen LogP contribution in [0.3, 0.4) is 0 Å². The summed E-state index contributed by atoms with van der Waals surface area (Å²) in [6, 6.07) is 18.0. The first kappa shape index (κ1) is 16.8. The quantitative estimate of drug-likeness (QED) is 0.712. The molecule has 0 radical (unpaired) electrons. The Morgan fingerprint density at radius 2 is 1.92 bits per heavy atom. The molecular weight excluding hydrogens is 308 g/mol. The van der Waals surface area contributed by atoms with Crippen LogP contribution in [-0.2, 0) is 6.54 Å². The lowest BCUT2D eigenvalue weighted by Gasteiger charge is -2.23. The standard InChI is InChI=1S/C21H22N4/c1-21(2,3)25-20-9-10-23-19-8-7-17(12-18(19)20)24-14-16-6-4-5-15(11-16)13-22/h4-12,24H,14H2,1-3H3,(H,23,25). The van der Waals surface area contributed by atoms with Gasteiger partial charge >= 0.3 is 0 Å². The predicted octanol–water partition coefficient (Wildman–Crippen LogP) is 4.93. The van der Waals surface area contributed by atoms with Crippen molar-refractivity contribution in [3.63, 3.8) is 0 Å². The molecule has 1 heterocycles. The highest BCUT2D eigenvalue weighted by Gasteiger charge is 2.12. The Kier molecular flexibility index (Phi) is 4.58. The Morgan fingerprint density at radius 3 is 2.68 bits per heavy atom. The van der Waals surface area contributed by atoms with E-state index in [0.717, 1.165) is 27.8 Å². The first-order valence-corrected chi connectivity index (χ1v) is 8.34. The van der Waals surface area contributed by atoms with Gasteiger partial charge < -0.3 is 10.6 Å². The zero-order chi connectivity index (χ0) is 17.9. The Labute approximate surface area is 148 Å². The molecule has 0 unspecified atom stereocenters. The van der Waals surface area contributed by atoms with E-state index < -0.39 is 0 Å². The minimum atomic E-state index is -0.0184. The van der Waals surface area contributed by atoms with Crippen LogP contribution in [0.1, 0.15) is 31.9 Å². The van der Waals surface area contributed by atoms with Crippen LogP contribution in [0.4, 0.5) is 11.4 Å². The summed E-state index contributed by atoms with van der Waals surface area (Å²) in [4.78, 5) is 4.45. The largest absolute Gasteiger partial charge is 0.381 e. The highest BCUT2D eigenvalue weighted by molar-refractivity contribution is 5.93. The molecule has 25 heavy (non-hydrogen) atoms. The second-order valence-corrected chi connectivity index (χ2v) is 7.13. The topological polar surface area (TPSA) is 60.7 Å². The van der Waals surface area contributed by atoms with E-state index in [0.29, 0.717) is 12.1 Å². The lowest BCUT2D eigenvalue weighted by atomic mass is 10.1. The molecule has 0 aliphatic rings. The third kappa shape index (κ3) is 4.27. The molecule has 4 heteroatoms. The van der Waals surface area contributed by atoms with E-state index in [2.05, 4.69) is 48.5 Å². The molecule has 0 aliphatic heterocycles. The van der Waals surface area contributed by atoms with Crippen molar-refractivity contribution in [3.05, 3.63) is 65.9 Å². The van der Waals surface area contributed by atoms with Crippen molar-refractivity contribution >= 4 is 22.3 Å². The Morgan fingerprint density at radius 1 is 1.08 bits per heavy atom. The van der Waals surface area contributed by atoms with Crippen LogP contribution in [0, 0.1) is 11.3 Å². The van der Waals surface area contributed by atoms with Crippen molar-refractivity contribution in [2.45, 2.75) is 32.9 Å². The summed E-state index contributed by atoms with van der Waals surface area (Å²) in [5, 5.41) is 17.1. The molecular formula is C21H22N4. The number of aromatic nitrogens is 1. The van der Waals surface area contributed by atoms with E-state index in [1.165, 1.54) is 0 Å². The molecule has 0 atom stereocenters. The van der Waals surface area contributed by atoms with Crippen molar-refractivity contribution in [1.82, 2.24) is 4.98 Å². The minimum Gasteiger partial charge on any atom is -0.381 e. The lowest BCUT2D eigenvalue weighted by Crippen LogP contribution is -2.26. The van der Waals surface area contributed by atoms with Gasteiger partial charge in [-0.15, -0.1) is 0 Å². The number of nitriles is 1. The minimum absolute atomic E-state index is 0.0184. The van der Waals surface area contributed by atoms with E-state index in [9.17, 15) is 0 Å². The maximum atomic E-state index is 9.00. The second-order valence-electron chi connectivity index (χ2n) is 7.13. The van der Waals surface area contributed by atoms with Crippen LogP contribution in [0.2, 0.25) is 0 Å². The van der Waals surface area contributed by atoms with Gasteiger partial charge in [0, 0.05) is 35.0 Å². The summed E-state index contributed by atoms with van der Waals surface area (Å²) in [5.74, 6) is 0. The fourth-order valence-electron chi connectivity index (χ4n) is 2.72. The summed E-state index contributed by atoms with van der Waals surface area (Å²) in [5.41, 5.74) is 4.81. The van der Waals surface area contributed by atoms with Crippen LogP contribution in [0.15, 0.2) is 54.7 Å². The molecule has 4 nitrogen and oxygen atoms in total. The number of rotatable bonds is 4. The SMILES string of the molecule is CC(C)(C)Nc1ccnc2ccc(NCc3cccc(C#N)c3)cc12. The first-order valence-electron chi connectivity index (χ1n) is 8.34. The zero-order valence-electron chi connectivity index (χ0n) is 14.8. The lowest BCUT2D eigenvalue weighted by molar-refractivity contribution is 0.635. The summed E-state index contributed by atoms with van der Waals surface area (Å²) in [6.07, 6.45) is 1.83. The van der Waals surface area contributed by atoms with Crippen molar-refractivity contribution in [3.8, 4) is 6.07 Å². The Hall–Kier alpha value is -3.06. The highest BCUT2D eigenvalue weighted by Crippen LogP contribution is 2.27. The summed E-state index contributed by atoms with van der Waals surface area (Å²) < 4.78 is 0. The third-order valence-electron chi connectivity index (χ3n) is 3.80. The molecule has 1 aromatic heterocycles. The summed E-state index contributed by atoms with van der Waals surface area (Å²) in [7, 11) is 0. The van der Waals surface area contributed by atoms with E-state index in [-0.39, 0.29) is 5.54 Å². The van der Waals surface area contributed by atoms with E-state index in [4.69, 9.17) is 5.26 Å². The number of nitrogens with one attached hydrogen (secondary N) is 2. The average molecular weight is 330 g/mol. The Balaban J connectivity index is 1.85. The predicted molar refractivity (Wildman–Crippen MR) is 104 cm³/mol. The molecule has 0 aliphatic carbocycles. The molecule has 3 rings (SSSR count). The van der Waals surface area contributed by atoms with Gasteiger partial charge in [-0.25, -0.2) is 0 Å². The van der Waals surface area contributed by atoms with Crippen molar-refractivity contribution < 1.29 is 0 Å². The van der Waals surface area contributed by atoms with Crippen LogP contribution >= 0.6 is 0 Å². The number of pyridine rings is 1. The Bertz CT molecular complexity index is 933. The smallest absolute Gasteiger partial charge is 0.0991 e. The summed E-state index contributed by atoms with van der Waals surface area (Å²) >= 11 is 0. The fourth-order valence-corrected chi connectivity index (χ4v) is 2.72. The third-order valence-corrected chi connectivity index (χ3v) is 3.80. The number of nitrogens with zero attached hydrogens (tertiary/aromatic N) is 2. The normalized spacial score (nSPS) is 11.1. The van der Waals surface area contributed by atoms with Crippen molar-refractivity contribution in [2.24, 2.45) is 0 Å². The van der Waals surface area contributed by atoms with Crippen molar-refractivity contribution in [1.29, 1.82) is 5.26 Å². The van der Waals surface area contributed by atoms with Gasteiger partial charge in [0.2, 0.25) is 0 Å². The second kappa shape index (κ2) is 6.82. The molecule has 126 valence electrons. The van der Waals surface area contributed by atoms with Crippen LogP contribution in [-0.4, -0.2) is 10.5 Å². The average Bonchev–Trinajstić information content (AvgIpc) is 2.59. The van der Waals surface area contributed by atoms with Crippen LogP contribution in [0.5, 0.6) is 0 Å². The van der Waals surface area contributed by atoms with Crippen molar-refractivity contribution in [2.75, 3.05) is 10.6 Å². The number of hydrogen-bond donors (Lipinski definition) is 2. The molecule has 0 fully saturated rings. The molecule has 2 aromatic carbocycles. The first-order chi connectivity index (χ1) is 11.9. The number of anilines is 2. The van der Waals surface area contributed by atoms with Crippen LogP contribution < -0.4 is 10.6 Å². The number of hydrogen-bond acceptors (Lipinski definition) is 4. The molecule has 3 aromatic rings. The zero-order valence-corrected chi connectivity index (χ0v) is 14.8. The molecule has 0 amide bonds. The van der Waals surface area contributed by atoms with Gasteiger partial charge in [0.15, 0.2) is 0 Å². The van der Waals surface area contributed by atoms with E-state index in [1.807, 2.05) is 48.7 Å². The van der Waals surface area contributed by atoms with E-state index in [1.54, 1.807) is 0 Å². The summed E-state index contributed by atoms with van der Waals surface area (Å²) in [6.45, 7) is 7.10. The van der Waals surface area contributed by atoms with Gasteiger partial charge in [0.1, 0.15) is 0 Å². The monoisotopic (exact) mass is 330 g/mol. The molecule has 0 spiro atoms. The van der Waals surface area contributed by atoms with Gasteiger partial charge in [-0.05, 0) is 62.7 Å². The van der Waals surface area contributed by atoms with Gasteiger partial charge in [-0.1, -0.05) is 12.1 Å². The van der Waals surface area contributed by atoms with Gasteiger partial charge in [-0.3, -0.25) is 4.98 Å². The maximum absolute atomic E-state index is 9.00. The van der Waals surface area contributed by atoms with Gasteiger partial charge in [0.25, 0.3) is 0 Å². The number of fused-ring (bicyclic) bond motifs is 1. The number of benzene rings is 2.